The minimum atomic E-state index is -3.99. The van der Waals surface area contributed by atoms with E-state index < -0.39 is 16.2 Å². The van der Waals surface area contributed by atoms with Crippen molar-refractivity contribution in [2.75, 3.05) is 21.1 Å². The highest BCUT2D eigenvalue weighted by Gasteiger charge is 2.40. The highest BCUT2D eigenvalue weighted by atomic mass is 32.2. The molecule has 0 aliphatic carbocycles. The van der Waals surface area contributed by atoms with Crippen LogP contribution in [0.2, 0.25) is 0 Å². The molecular formula is C40H41N3O4S. The average molecular weight is 660 g/mol. The molecule has 1 N–H and O–H groups in total. The average Bonchev–Trinajstić information content (AvgIpc) is 3.07. The number of anilines is 3. The highest BCUT2D eigenvalue weighted by molar-refractivity contribution is 7.92. The van der Waals surface area contributed by atoms with Crippen molar-refractivity contribution in [1.29, 1.82) is 0 Å². The molecule has 0 bridgehead atoms. The maximum atomic E-state index is 14.8. The quantitative estimate of drug-likeness (QED) is 0.171. The van der Waals surface area contributed by atoms with Gasteiger partial charge in [-0.1, -0.05) is 93.1 Å². The normalized spacial score (nSPS) is 14.9. The van der Waals surface area contributed by atoms with Gasteiger partial charge in [0.25, 0.3) is 15.9 Å². The Bertz CT molecular complexity index is 2000. The Morgan fingerprint density at radius 3 is 2.10 bits per heavy atom. The summed E-state index contributed by atoms with van der Waals surface area (Å²) < 4.78 is 35.7. The van der Waals surface area contributed by atoms with Crippen LogP contribution in [-0.4, -0.2) is 20.9 Å². The van der Waals surface area contributed by atoms with Gasteiger partial charge in [-0.3, -0.25) is 14.4 Å². The predicted molar refractivity (Wildman–Crippen MR) is 193 cm³/mol. The number of carbonyl (C=O) groups excluding carboxylic acids is 1. The van der Waals surface area contributed by atoms with Gasteiger partial charge in [0.15, 0.2) is 0 Å². The van der Waals surface area contributed by atoms with Crippen LogP contribution in [0.15, 0.2) is 126 Å². The van der Waals surface area contributed by atoms with Gasteiger partial charge in [0, 0.05) is 17.9 Å². The first-order chi connectivity index (χ1) is 22.9. The fourth-order valence-corrected chi connectivity index (χ4v) is 7.10. The van der Waals surface area contributed by atoms with Gasteiger partial charge >= 0.3 is 0 Å². The molecule has 6 rings (SSSR count). The standard InChI is InChI=1S/C40H41N3O4S/c1-6-47-34-22-20-33(21-23-34)43-38(30-14-16-31(17-15-30)40(3,4)5)42(27-29-10-8-7-9-11-29)37-25-24-35(26-36(37)39(43)44)48(45,46)41-32-18-12-28(2)13-19-32/h7-26,38,41H,6,27H2,1-5H3/t38-/m1/s1. The molecule has 0 aromatic heterocycles. The van der Waals surface area contributed by atoms with Gasteiger partial charge in [-0.25, -0.2) is 8.42 Å². The Morgan fingerprint density at radius 2 is 1.48 bits per heavy atom. The molecule has 1 aliphatic heterocycles. The van der Waals surface area contributed by atoms with Crippen LogP contribution in [0.5, 0.6) is 5.75 Å². The van der Waals surface area contributed by atoms with E-state index in [4.69, 9.17) is 4.74 Å². The second kappa shape index (κ2) is 13.2. The molecular weight excluding hydrogens is 619 g/mol. The lowest BCUT2D eigenvalue weighted by Crippen LogP contribution is -2.49. The molecule has 0 fully saturated rings. The molecule has 1 aliphatic rings. The van der Waals surface area contributed by atoms with Gasteiger partial charge in [-0.05, 0) is 90.6 Å². The molecule has 246 valence electrons. The van der Waals surface area contributed by atoms with Crippen LogP contribution in [0.25, 0.3) is 0 Å². The summed E-state index contributed by atoms with van der Waals surface area (Å²) in [5.74, 6) is 0.407. The van der Waals surface area contributed by atoms with Crippen LogP contribution in [-0.2, 0) is 22.0 Å². The van der Waals surface area contributed by atoms with Crippen molar-refractivity contribution in [3.63, 3.8) is 0 Å². The van der Waals surface area contributed by atoms with Crippen LogP contribution >= 0.6 is 0 Å². The molecule has 1 atom stereocenters. The highest BCUT2D eigenvalue weighted by Crippen LogP contribution is 2.44. The zero-order valence-electron chi connectivity index (χ0n) is 28.0. The summed E-state index contributed by atoms with van der Waals surface area (Å²) in [6.07, 6.45) is -0.523. The van der Waals surface area contributed by atoms with Crippen LogP contribution < -0.4 is 19.3 Å². The van der Waals surface area contributed by atoms with Gasteiger partial charge in [0.2, 0.25) is 0 Å². The Balaban J connectivity index is 1.52. The third-order valence-corrected chi connectivity index (χ3v) is 9.96. The monoisotopic (exact) mass is 659 g/mol. The number of ether oxygens (including phenoxy) is 1. The van der Waals surface area contributed by atoms with Crippen LogP contribution in [0.4, 0.5) is 17.1 Å². The van der Waals surface area contributed by atoms with Crippen molar-refractivity contribution in [3.8, 4) is 5.75 Å². The molecule has 1 amide bonds. The number of hydrogen-bond donors (Lipinski definition) is 1. The van der Waals surface area contributed by atoms with Crippen molar-refractivity contribution in [2.45, 2.75) is 57.6 Å². The zero-order valence-corrected chi connectivity index (χ0v) is 28.8. The number of nitrogens with zero attached hydrogens (tertiary/aromatic N) is 2. The summed E-state index contributed by atoms with van der Waals surface area (Å²) in [7, 11) is -3.99. The Hall–Kier alpha value is -5.08. The number of sulfonamides is 1. The van der Waals surface area contributed by atoms with Gasteiger partial charge in [0.1, 0.15) is 11.9 Å². The van der Waals surface area contributed by atoms with Crippen molar-refractivity contribution in [3.05, 3.63) is 149 Å². The minimum absolute atomic E-state index is 0.00876. The molecule has 0 spiro atoms. The lowest BCUT2D eigenvalue weighted by molar-refractivity contribution is 0.0968. The zero-order chi connectivity index (χ0) is 34.1. The van der Waals surface area contributed by atoms with Crippen LogP contribution in [0.1, 0.15) is 66.5 Å². The maximum absolute atomic E-state index is 14.8. The summed E-state index contributed by atoms with van der Waals surface area (Å²) in [4.78, 5) is 18.7. The largest absolute Gasteiger partial charge is 0.494 e. The molecule has 0 saturated carbocycles. The second-order valence-corrected chi connectivity index (χ2v) is 14.8. The number of amides is 1. The topological polar surface area (TPSA) is 78.9 Å². The number of hydrogen-bond acceptors (Lipinski definition) is 5. The van der Waals surface area contributed by atoms with Crippen molar-refractivity contribution in [1.82, 2.24) is 0 Å². The van der Waals surface area contributed by atoms with Gasteiger partial charge in [-0.2, -0.15) is 0 Å². The Kier molecular flexibility index (Phi) is 9.03. The third kappa shape index (κ3) is 6.80. The number of nitrogens with one attached hydrogen (secondary N) is 1. The first-order valence-electron chi connectivity index (χ1n) is 16.2. The summed E-state index contributed by atoms with van der Waals surface area (Å²) in [6.45, 7) is 11.4. The third-order valence-electron chi connectivity index (χ3n) is 8.58. The molecule has 0 unspecified atom stereocenters. The molecule has 8 heteroatoms. The number of carbonyl (C=O) groups is 1. The molecule has 48 heavy (non-hydrogen) atoms. The summed E-state index contributed by atoms with van der Waals surface area (Å²) in [6, 6.07) is 37.9. The lowest BCUT2D eigenvalue weighted by Gasteiger charge is -2.46. The molecule has 7 nitrogen and oxygen atoms in total. The Morgan fingerprint density at radius 1 is 0.812 bits per heavy atom. The first kappa shape index (κ1) is 32.8. The Labute approximate surface area is 283 Å². The summed E-state index contributed by atoms with van der Waals surface area (Å²) in [5.41, 5.74) is 6.23. The van der Waals surface area contributed by atoms with E-state index >= 15 is 0 Å². The van der Waals surface area contributed by atoms with Gasteiger partial charge in [-0.15, -0.1) is 0 Å². The smallest absolute Gasteiger partial charge is 0.262 e. The number of aryl methyl sites for hydroxylation is 1. The predicted octanol–water partition coefficient (Wildman–Crippen LogP) is 8.86. The van der Waals surface area contributed by atoms with E-state index in [2.05, 4.69) is 66.8 Å². The second-order valence-electron chi connectivity index (χ2n) is 13.1. The first-order valence-corrected chi connectivity index (χ1v) is 17.6. The number of rotatable bonds is 9. The number of fused-ring (bicyclic) bond motifs is 1. The number of benzene rings is 5. The van der Waals surface area contributed by atoms with Crippen molar-refractivity contribution >= 4 is 33.0 Å². The molecule has 5 aromatic carbocycles. The van der Waals surface area contributed by atoms with Gasteiger partial charge < -0.3 is 9.64 Å². The van der Waals surface area contributed by atoms with E-state index in [1.165, 1.54) is 11.6 Å². The SMILES string of the molecule is CCOc1ccc(N2C(=O)c3cc(S(=O)(=O)Nc4ccc(C)cc4)ccc3N(Cc3ccccc3)[C@H]2c2ccc(C(C)(C)C)cc2)cc1. The van der Waals surface area contributed by atoms with Crippen LogP contribution in [0.3, 0.4) is 0 Å². The summed E-state index contributed by atoms with van der Waals surface area (Å²) >= 11 is 0. The van der Waals surface area contributed by atoms with Gasteiger partial charge in [0.05, 0.1) is 22.8 Å². The lowest BCUT2D eigenvalue weighted by atomic mass is 9.86. The summed E-state index contributed by atoms with van der Waals surface area (Å²) in [5, 5.41) is 0. The van der Waals surface area contributed by atoms with E-state index in [1.807, 2.05) is 68.4 Å². The molecule has 1 heterocycles. The van der Waals surface area contributed by atoms with E-state index in [9.17, 15) is 13.2 Å². The van der Waals surface area contributed by atoms with E-state index in [0.717, 1.165) is 16.7 Å². The van der Waals surface area contributed by atoms with E-state index in [0.29, 0.717) is 41.5 Å². The van der Waals surface area contributed by atoms with E-state index in [1.54, 1.807) is 29.2 Å². The molecule has 5 aromatic rings. The van der Waals surface area contributed by atoms with Crippen molar-refractivity contribution < 1.29 is 17.9 Å². The van der Waals surface area contributed by atoms with E-state index in [-0.39, 0.29) is 16.2 Å². The van der Waals surface area contributed by atoms with Crippen LogP contribution in [0, 0.1) is 6.92 Å². The fourth-order valence-electron chi connectivity index (χ4n) is 6.02. The molecule has 0 saturated heterocycles. The van der Waals surface area contributed by atoms with Crippen molar-refractivity contribution in [2.24, 2.45) is 0 Å². The minimum Gasteiger partial charge on any atom is -0.494 e. The molecule has 0 radical (unpaired) electrons. The fraction of sp³-hybridized carbons (Fsp3) is 0.225. The maximum Gasteiger partial charge on any atom is 0.262 e.